The van der Waals surface area contributed by atoms with Crippen LogP contribution in [0.25, 0.3) is 0 Å². The van der Waals surface area contributed by atoms with Crippen LogP contribution in [-0.4, -0.2) is 63.1 Å². The molecular weight excluding hydrogens is 512 g/mol. The fourth-order valence-corrected chi connectivity index (χ4v) is 10.0. The lowest BCUT2D eigenvalue weighted by Gasteiger charge is -2.65. The molecule has 0 spiro atoms. The van der Waals surface area contributed by atoms with Gasteiger partial charge in [0.2, 0.25) is 5.79 Å². The standard InChI is InChI=1S/C32H48O8/c1-18(33)39-25-16-23-27(2,3)40-26(35)12-14-30(23,7)22-11-13-29(6)20(9-10-21(29)31(22,25)8)19-15-24(34)32(37,38-17-19)28(4,5)36/h10,12,14,19-20,22-25,34,36-37H,9,11,13,15-17H2,1-8H3/t19-,20+,22-,23+,24-,25-,29+,30-,31+,32+/m1/s1. The zero-order valence-electron chi connectivity index (χ0n) is 25.3. The van der Waals surface area contributed by atoms with Gasteiger partial charge in [0.25, 0.3) is 0 Å². The summed E-state index contributed by atoms with van der Waals surface area (Å²) in [6.45, 7) is 15.3. The summed E-state index contributed by atoms with van der Waals surface area (Å²) in [5.74, 6) is -2.45. The molecule has 1 saturated heterocycles. The first-order valence-electron chi connectivity index (χ1n) is 14.9. The molecule has 3 fully saturated rings. The number of hydrogen-bond donors (Lipinski definition) is 3. The fraction of sp³-hybridized carbons (Fsp3) is 0.812. The fourth-order valence-electron chi connectivity index (χ4n) is 10.0. The molecular formula is C32H48O8. The number of carbonyl (C=O) groups excluding carboxylic acids is 2. The summed E-state index contributed by atoms with van der Waals surface area (Å²) in [6.07, 6.45) is 7.85. The van der Waals surface area contributed by atoms with E-state index in [1.54, 1.807) is 6.08 Å². The number of esters is 2. The Balaban J connectivity index is 1.52. The van der Waals surface area contributed by atoms with Crippen molar-refractivity contribution >= 4 is 11.9 Å². The molecule has 2 aliphatic heterocycles. The van der Waals surface area contributed by atoms with Gasteiger partial charge < -0.3 is 29.5 Å². The molecule has 2 saturated carbocycles. The van der Waals surface area contributed by atoms with Crippen LogP contribution in [0.15, 0.2) is 23.8 Å². The largest absolute Gasteiger partial charge is 0.462 e. The van der Waals surface area contributed by atoms with Crippen molar-refractivity contribution in [1.82, 2.24) is 0 Å². The van der Waals surface area contributed by atoms with E-state index in [1.165, 1.54) is 26.3 Å². The molecule has 8 nitrogen and oxygen atoms in total. The quantitative estimate of drug-likeness (QED) is 0.349. The summed E-state index contributed by atoms with van der Waals surface area (Å²) in [7, 11) is 0. The third kappa shape index (κ3) is 4.07. The third-order valence-electron chi connectivity index (χ3n) is 11.9. The van der Waals surface area contributed by atoms with Crippen LogP contribution in [0, 0.1) is 39.9 Å². The van der Waals surface area contributed by atoms with E-state index in [0.717, 1.165) is 19.3 Å². The van der Waals surface area contributed by atoms with Gasteiger partial charge in [0.05, 0.1) is 6.61 Å². The Hall–Kier alpha value is -1.74. The highest BCUT2D eigenvalue weighted by molar-refractivity contribution is 5.83. The normalized spacial score (nSPS) is 48.2. The predicted octanol–water partition coefficient (Wildman–Crippen LogP) is 4.06. The first-order chi connectivity index (χ1) is 18.3. The molecule has 0 aromatic carbocycles. The van der Waals surface area contributed by atoms with E-state index < -0.39 is 28.5 Å². The minimum atomic E-state index is -2.02. The van der Waals surface area contributed by atoms with Crippen molar-refractivity contribution in [1.29, 1.82) is 0 Å². The van der Waals surface area contributed by atoms with E-state index >= 15 is 0 Å². The number of aliphatic hydroxyl groups is 3. The van der Waals surface area contributed by atoms with E-state index in [2.05, 4.69) is 32.9 Å². The minimum absolute atomic E-state index is 0.0154. The smallest absolute Gasteiger partial charge is 0.330 e. The second-order valence-corrected chi connectivity index (χ2v) is 14.9. The average molecular weight is 561 g/mol. The second-order valence-electron chi connectivity index (χ2n) is 14.9. The van der Waals surface area contributed by atoms with Gasteiger partial charge in [-0.2, -0.15) is 0 Å². The van der Waals surface area contributed by atoms with Crippen molar-refractivity contribution in [3.63, 3.8) is 0 Å². The van der Waals surface area contributed by atoms with E-state index in [-0.39, 0.29) is 59.2 Å². The molecule has 0 radical (unpaired) electrons. The second kappa shape index (κ2) is 9.13. The van der Waals surface area contributed by atoms with Crippen LogP contribution in [0.5, 0.6) is 0 Å². The van der Waals surface area contributed by atoms with Gasteiger partial charge in [-0.15, -0.1) is 0 Å². The van der Waals surface area contributed by atoms with Gasteiger partial charge in [-0.05, 0) is 88.4 Å². The highest BCUT2D eigenvalue weighted by Gasteiger charge is 2.69. The zero-order chi connectivity index (χ0) is 29.7. The van der Waals surface area contributed by atoms with Crippen LogP contribution in [0.1, 0.15) is 87.5 Å². The monoisotopic (exact) mass is 560 g/mol. The van der Waals surface area contributed by atoms with Crippen LogP contribution in [0.4, 0.5) is 0 Å². The van der Waals surface area contributed by atoms with Crippen LogP contribution < -0.4 is 0 Å². The number of carbonyl (C=O) groups is 2. The van der Waals surface area contributed by atoms with Crippen molar-refractivity contribution in [3.05, 3.63) is 23.8 Å². The van der Waals surface area contributed by atoms with E-state index in [4.69, 9.17) is 14.2 Å². The molecule has 0 aromatic heterocycles. The Labute approximate surface area is 238 Å². The molecule has 5 rings (SSSR count). The first kappa shape index (κ1) is 29.7. The molecule has 0 amide bonds. The van der Waals surface area contributed by atoms with Crippen molar-refractivity contribution < 1.29 is 39.1 Å². The lowest BCUT2D eigenvalue weighted by molar-refractivity contribution is -0.353. The van der Waals surface area contributed by atoms with Crippen LogP contribution in [0.2, 0.25) is 0 Å². The predicted molar refractivity (Wildman–Crippen MR) is 148 cm³/mol. The number of allylic oxidation sites excluding steroid dienone is 2. The van der Waals surface area contributed by atoms with Gasteiger partial charge >= 0.3 is 11.9 Å². The van der Waals surface area contributed by atoms with E-state index in [1.807, 2.05) is 13.8 Å². The van der Waals surface area contributed by atoms with Crippen molar-refractivity contribution in [2.45, 2.75) is 117 Å². The number of ether oxygens (including phenoxy) is 3. The van der Waals surface area contributed by atoms with Crippen LogP contribution in [0.3, 0.4) is 0 Å². The molecule has 2 heterocycles. The summed E-state index contributed by atoms with van der Waals surface area (Å²) in [4.78, 5) is 25.1. The lowest BCUT2D eigenvalue weighted by atomic mass is 9.40. The molecule has 0 aromatic rings. The van der Waals surface area contributed by atoms with Crippen LogP contribution >= 0.6 is 0 Å². The first-order valence-corrected chi connectivity index (χ1v) is 14.9. The molecule has 5 aliphatic rings. The molecule has 0 bridgehead atoms. The zero-order valence-corrected chi connectivity index (χ0v) is 25.3. The summed E-state index contributed by atoms with van der Waals surface area (Å²) in [6, 6.07) is 0. The number of rotatable bonds is 3. The van der Waals surface area contributed by atoms with Crippen molar-refractivity contribution in [2.75, 3.05) is 6.61 Å². The highest BCUT2D eigenvalue weighted by Crippen LogP contribution is 2.72. The molecule has 3 aliphatic carbocycles. The van der Waals surface area contributed by atoms with E-state index in [9.17, 15) is 24.9 Å². The molecule has 40 heavy (non-hydrogen) atoms. The number of hydrogen-bond acceptors (Lipinski definition) is 8. The molecule has 8 heteroatoms. The maximum atomic E-state index is 12.6. The Morgan fingerprint density at radius 2 is 1.80 bits per heavy atom. The maximum Gasteiger partial charge on any atom is 0.330 e. The Morgan fingerprint density at radius 3 is 2.40 bits per heavy atom. The molecule has 3 N–H and O–H groups in total. The maximum absolute atomic E-state index is 12.6. The molecule has 224 valence electrons. The SMILES string of the molecule is CC(=O)O[C@@H]1C[C@H]2C(C)(C)OC(=O)C=C[C@]2(C)[C@H]2CC[C@]3(C)C(=CC[C@H]3[C@H]3CO[C@](O)(C(C)(C)O)[C@H](O)C3)[C@@]21C. The Kier molecular flexibility index (Phi) is 6.79. The van der Waals surface area contributed by atoms with Crippen molar-refractivity contribution in [3.8, 4) is 0 Å². The Bertz CT molecular complexity index is 1130. The van der Waals surface area contributed by atoms with Crippen LogP contribution in [-0.2, 0) is 23.8 Å². The van der Waals surface area contributed by atoms with Crippen molar-refractivity contribution in [2.24, 2.45) is 39.9 Å². The summed E-state index contributed by atoms with van der Waals surface area (Å²) < 4.78 is 17.9. The van der Waals surface area contributed by atoms with Gasteiger partial charge in [0.1, 0.15) is 23.4 Å². The molecule has 0 unspecified atom stereocenters. The average Bonchev–Trinajstić information content (AvgIpc) is 3.14. The topological polar surface area (TPSA) is 123 Å². The van der Waals surface area contributed by atoms with Gasteiger partial charge in [-0.1, -0.05) is 38.5 Å². The lowest BCUT2D eigenvalue weighted by Crippen LogP contribution is -2.65. The van der Waals surface area contributed by atoms with Gasteiger partial charge in [-0.25, -0.2) is 4.79 Å². The van der Waals surface area contributed by atoms with Gasteiger partial charge in [-0.3, -0.25) is 4.79 Å². The van der Waals surface area contributed by atoms with Gasteiger partial charge in [0, 0.05) is 24.3 Å². The minimum Gasteiger partial charge on any atom is -0.462 e. The van der Waals surface area contributed by atoms with E-state index in [0.29, 0.717) is 12.8 Å². The van der Waals surface area contributed by atoms with Gasteiger partial charge in [0.15, 0.2) is 0 Å². The summed E-state index contributed by atoms with van der Waals surface area (Å²) >= 11 is 0. The highest BCUT2D eigenvalue weighted by atomic mass is 16.7. The number of cyclic esters (lactones) is 1. The molecule has 10 atom stereocenters. The Morgan fingerprint density at radius 1 is 1.12 bits per heavy atom. The summed E-state index contributed by atoms with van der Waals surface area (Å²) in [5, 5.41) is 32.4. The summed E-state index contributed by atoms with van der Waals surface area (Å²) in [5.41, 5.74) is -2.09. The number of aliphatic hydroxyl groups excluding tert-OH is 1. The third-order valence-corrected chi connectivity index (χ3v) is 11.9. The number of fused-ring (bicyclic) bond motifs is 5.